The molecular formula is C13H12N4O3. The predicted octanol–water partition coefficient (Wildman–Crippen LogP) is 0.898. The van der Waals surface area contributed by atoms with Gasteiger partial charge in [0.25, 0.3) is 0 Å². The minimum absolute atomic E-state index is 0.245. The van der Waals surface area contributed by atoms with Gasteiger partial charge in [-0.15, -0.1) is 0 Å². The summed E-state index contributed by atoms with van der Waals surface area (Å²) in [5, 5.41) is 3.83. The van der Waals surface area contributed by atoms with Crippen LogP contribution in [0.2, 0.25) is 0 Å². The molecule has 20 heavy (non-hydrogen) atoms. The molecule has 0 fully saturated rings. The van der Waals surface area contributed by atoms with Crippen molar-refractivity contribution in [2.45, 2.75) is 6.42 Å². The predicted molar refractivity (Wildman–Crippen MR) is 71.9 cm³/mol. The fourth-order valence-electron chi connectivity index (χ4n) is 1.57. The maximum absolute atomic E-state index is 11.1. The third kappa shape index (κ3) is 3.29. The van der Waals surface area contributed by atoms with Gasteiger partial charge in [-0.05, 0) is 6.07 Å². The third-order valence-electron chi connectivity index (χ3n) is 2.41. The van der Waals surface area contributed by atoms with Crippen LogP contribution in [-0.2, 0) is 4.79 Å². The fourth-order valence-corrected chi connectivity index (χ4v) is 1.57. The first-order valence-electron chi connectivity index (χ1n) is 5.78. The van der Waals surface area contributed by atoms with Crippen molar-refractivity contribution in [2.75, 3.05) is 0 Å². The van der Waals surface area contributed by atoms with Crippen LogP contribution in [0.1, 0.15) is 6.42 Å². The molecule has 7 heteroatoms. The summed E-state index contributed by atoms with van der Waals surface area (Å²) in [6.45, 7) is 0. The number of carbonyl (C=O) groups excluding carboxylic acids is 2. The topological polar surface area (TPSA) is 107 Å². The zero-order valence-electron chi connectivity index (χ0n) is 10.4. The quantitative estimate of drug-likeness (QED) is 0.627. The zero-order chi connectivity index (χ0) is 14.4. The van der Waals surface area contributed by atoms with Crippen LogP contribution in [0.5, 0.6) is 5.88 Å². The highest BCUT2D eigenvalue weighted by Gasteiger charge is 2.18. The van der Waals surface area contributed by atoms with Gasteiger partial charge in [-0.3, -0.25) is 4.79 Å². The Balaban J connectivity index is 2.32. The summed E-state index contributed by atoms with van der Waals surface area (Å²) >= 11 is 0. The molecule has 0 atom stereocenters. The largest absolute Gasteiger partial charge is 0.436 e. The first kappa shape index (κ1) is 13.5. The van der Waals surface area contributed by atoms with Crippen molar-refractivity contribution in [3.63, 3.8) is 0 Å². The number of nitrogens with zero attached hydrogens (tertiary/aromatic N) is 2. The standard InChI is InChI=1S/C13H12N4O3/c14-13(19)17-16-10-5-3-4-9(8-18)12(10)20-11-6-1-2-7-15-11/h1-4,6-8H,5H2,(H3,14,17,19). The van der Waals surface area contributed by atoms with Crippen molar-refractivity contribution in [2.24, 2.45) is 10.8 Å². The van der Waals surface area contributed by atoms with E-state index < -0.39 is 6.03 Å². The molecule has 0 spiro atoms. The normalized spacial score (nSPS) is 16.1. The van der Waals surface area contributed by atoms with Gasteiger partial charge in [0.1, 0.15) is 5.71 Å². The lowest BCUT2D eigenvalue weighted by molar-refractivity contribution is -0.104. The number of ether oxygens (including phenoxy) is 1. The van der Waals surface area contributed by atoms with Gasteiger partial charge in [-0.2, -0.15) is 5.10 Å². The summed E-state index contributed by atoms with van der Waals surface area (Å²) in [6, 6.07) is 4.34. The van der Waals surface area contributed by atoms with Crippen molar-refractivity contribution >= 4 is 18.0 Å². The molecule has 1 aromatic heterocycles. The molecule has 2 rings (SSSR count). The van der Waals surface area contributed by atoms with E-state index in [-0.39, 0.29) is 5.76 Å². The Kier molecular flexibility index (Phi) is 4.23. The van der Waals surface area contributed by atoms with Crippen LogP contribution in [0, 0.1) is 0 Å². The van der Waals surface area contributed by atoms with Crippen LogP contribution in [0.15, 0.2) is 53.0 Å². The lowest BCUT2D eigenvalue weighted by Gasteiger charge is -2.15. The summed E-state index contributed by atoms with van der Waals surface area (Å²) in [4.78, 5) is 25.8. The maximum atomic E-state index is 11.1. The van der Waals surface area contributed by atoms with E-state index in [1.54, 1.807) is 36.5 Å². The first-order chi connectivity index (χ1) is 9.70. The molecule has 0 aromatic carbocycles. The Morgan fingerprint density at radius 1 is 1.50 bits per heavy atom. The number of hydrogen-bond acceptors (Lipinski definition) is 5. The van der Waals surface area contributed by atoms with Gasteiger partial charge >= 0.3 is 6.03 Å². The van der Waals surface area contributed by atoms with Gasteiger partial charge in [-0.25, -0.2) is 15.2 Å². The molecule has 1 heterocycles. The van der Waals surface area contributed by atoms with E-state index in [9.17, 15) is 9.59 Å². The monoisotopic (exact) mass is 272 g/mol. The van der Waals surface area contributed by atoms with E-state index in [0.717, 1.165) is 0 Å². The summed E-state index contributed by atoms with van der Waals surface area (Å²) in [5.74, 6) is 0.568. The number of primary amides is 1. The van der Waals surface area contributed by atoms with Crippen molar-refractivity contribution in [1.82, 2.24) is 10.4 Å². The van der Waals surface area contributed by atoms with Crippen molar-refractivity contribution in [3.05, 3.63) is 47.9 Å². The van der Waals surface area contributed by atoms with Crippen LogP contribution >= 0.6 is 0 Å². The molecule has 0 aliphatic heterocycles. The number of nitrogens with one attached hydrogen (secondary N) is 1. The summed E-state index contributed by atoms with van der Waals surface area (Å²) < 4.78 is 5.57. The minimum Gasteiger partial charge on any atom is -0.436 e. The SMILES string of the molecule is NC(=O)NN=C1CC=CC(C=O)=C1Oc1ccccn1. The second kappa shape index (κ2) is 6.28. The van der Waals surface area contributed by atoms with Crippen LogP contribution in [-0.4, -0.2) is 23.0 Å². The zero-order valence-corrected chi connectivity index (χ0v) is 10.4. The highest BCUT2D eigenvalue weighted by Crippen LogP contribution is 2.19. The molecule has 0 unspecified atom stereocenters. The number of aromatic nitrogens is 1. The second-order valence-electron chi connectivity index (χ2n) is 3.81. The number of amides is 2. The van der Waals surface area contributed by atoms with E-state index in [1.165, 1.54) is 0 Å². The van der Waals surface area contributed by atoms with Gasteiger partial charge in [0, 0.05) is 18.7 Å². The molecule has 3 N–H and O–H groups in total. The van der Waals surface area contributed by atoms with Crippen LogP contribution in [0.3, 0.4) is 0 Å². The van der Waals surface area contributed by atoms with Crippen LogP contribution in [0.4, 0.5) is 4.79 Å². The van der Waals surface area contributed by atoms with Gasteiger partial charge in [0.15, 0.2) is 12.0 Å². The Morgan fingerprint density at radius 2 is 2.35 bits per heavy atom. The number of aldehydes is 1. The first-order valence-corrected chi connectivity index (χ1v) is 5.78. The molecule has 0 saturated heterocycles. The number of carbonyl (C=O) groups is 2. The van der Waals surface area contributed by atoms with Crippen molar-refractivity contribution < 1.29 is 14.3 Å². The minimum atomic E-state index is -0.795. The maximum Gasteiger partial charge on any atom is 0.332 e. The number of pyridine rings is 1. The average molecular weight is 272 g/mol. The smallest absolute Gasteiger partial charge is 0.332 e. The molecule has 7 nitrogen and oxygen atoms in total. The number of hydrogen-bond donors (Lipinski definition) is 2. The summed E-state index contributed by atoms with van der Waals surface area (Å²) in [6.07, 6.45) is 5.96. The average Bonchev–Trinajstić information content (AvgIpc) is 2.47. The highest BCUT2D eigenvalue weighted by atomic mass is 16.5. The molecule has 102 valence electrons. The molecule has 1 aromatic rings. The van der Waals surface area contributed by atoms with E-state index in [4.69, 9.17) is 10.5 Å². The Morgan fingerprint density at radius 3 is 3.00 bits per heavy atom. The number of rotatable bonds is 4. The van der Waals surface area contributed by atoms with Gasteiger partial charge in [0.2, 0.25) is 5.88 Å². The number of nitrogens with two attached hydrogens (primary N) is 1. The molecule has 2 amide bonds. The summed E-state index contributed by atoms with van der Waals surface area (Å²) in [5.41, 5.74) is 7.78. The Bertz CT molecular complexity index is 605. The molecule has 1 aliphatic carbocycles. The number of allylic oxidation sites excluding steroid dienone is 4. The van der Waals surface area contributed by atoms with Gasteiger partial charge in [0.05, 0.1) is 5.57 Å². The molecule has 0 radical (unpaired) electrons. The van der Waals surface area contributed by atoms with E-state index in [1.807, 2.05) is 0 Å². The highest BCUT2D eigenvalue weighted by molar-refractivity contribution is 6.06. The molecule has 0 saturated carbocycles. The lowest BCUT2D eigenvalue weighted by Crippen LogP contribution is -2.27. The molecular weight excluding hydrogens is 260 g/mol. The van der Waals surface area contributed by atoms with Crippen molar-refractivity contribution in [3.8, 4) is 5.88 Å². The summed E-state index contributed by atoms with van der Waals surface area (Å²) in [7, 11) is 0. The lowest BCUT2D eigenvalue weighted by atomic mass is 10.0. The van der Waals surface area contributed by atoms with Gasteiger partial charge < -0.3 is 10.5 Å². The third-order valence-corrected chi connectivity index (χ3v) is 2.41. The second-order valence-corrected chi connectivity index (χ2v) is 3.81. The Labute approximate surface area is 114 Å². The van der Waals surface area contributed by atoms with Crippen LogP contribution < -0.4 is 15.9 Å². The van der Waals surface area contributed by atoms with Gasteiger partial charge in [-0.1, -0.05) is 18.2 Å². The van der Waals surface area contributed by atoms with Crippen molar-refractivity contribution in [1.29, 1.82) is 0 Å². The van der Waals surface area contributed by atoms with Crippen LogP contribution in [0.25, 0.3) is 0 Å². The van der Waals surface area contributed by atoms with E-state index in [0.29, 0.717) is 29.9 Å². The van der Waals surface area contributed by atoms with E-state index in [2.05, 4.69) is 15.5 Å². The number of urea groups is 1. The molecule has 0 bridgehead atoms. The molecule has 1 aliphatic rings. The Hall–Kier alpha value is -2.96. The van der Waals surface area contributed by atoms with E-state index >= 15 is 0 Å². The fraction of sp³-hybridized carbons (Fsp3) is 0.0769. The number of hydrazone groups is 1.